The van der Waals surface area contributed by atoms with Crippen LogP contribution in [0.5, 0.6) is 0 Å². The van der Waals surface area contributed by atoms with Gasteiger partial charge >= 0.3 is 13.2 Å². The quantitative estimate of drug-likeness (QED) is 0.248. The minimum atomic E-state index is -0.890. The van der Waals surface area contributed by atoms with Crippen LogP contribution in [0.4, 0.5) is 10.5 Å². The first-order valence-corrected chi connectivity index (χ1v) is 17.7. The average molecular weight is 677 g/mol. The molecule has 1 unspecified atom stereocenters. The number of aliphatic hydroxyl groups is 1. The molecule has 2 aromatic heterocycles. The lowest BCUT2D eigenvalue weighted by Crippen LogP contribution is -2.48. The maximum atomic E-state index is 11.6. The molecule has 4 heterocycles. The minimum absolute atomic E-state index is 0.0855. The van der Waals surface area contributed by atoms with E-state index in [-0.39, 0.29) is 24.2 Å². The number of carbonyl (C=O) groups is 1. The fraction of sp³-hybridized carbons (Fsp3) is 0.622. The molecule has 1 atom stereocenters. The molecule has 2 N–H and O–H groups in total. The van der Waals surface area contributed by atoms with Gasteiger partial charge in [-0.25, -0.2) is 4.79 Å². The van der Waals surface area contributed by atoms with Gasteiger partial charge in [-0.2, -0.15) is 0 Å². The number of piperazine rings is 1. The van der Waals surface area contributed by atoms with Crippen molar-refractivity contribution in [3.63, 3.8) is 0 Å². The number of hydrogen-bond donors (Lipinski definition) is 2. The molecule has 1 aliphatic carbocycles. The van der Waals surface area contributed by atoms with E-state index >= 15 is 0 Å². The Hall–Kier alpha value is -3.16. The summed E-state index contributed by atoms with van der Waals surface area (Å²) in [5, 5.41) is 21.2. The lowest BCUT2D eigenvalue weighted by Gasteiger charge is -2.35. The summed E-state index contributed by atoms with van der Waals surface area (Å²) in [5.41, 5.74) is 5.85. The fourth-order valence-corrected chi connectivity index (χ4v) is 7.03. The summed E-state index contributed by atoms with van der Waals surface area (Å²) in [6, 6.07) is 8.68. The molecule has 11 nitrogen and oxygen atoms in total. The first kappa shape index (κ1) is 35.7. The van der Waals surface area contributed by atoms with Crippen LogP contribution >= 0.6 is 0 Å². The topological polar surface area (TPSA) is 119 Å². The van der Waals surface area contributed by atoms with Crippen LogP contribution in [0.3, 0.4) is 0 Å². The minimum Gasteiger partial charge on any atom is -0.465 e. The number of pyridine rings is 1. The highest BCUT2D eigenvalue weighted by atomic mass is 16.7. The number of amides is 1. The zero-order valence-electron chi connectivity index (χ0n) is 30.4. The van der Waals surface area contributed by atoms with E-state index in [1.165, 1.54) is 4.90 Å². The van der Waals surface area contributed by atoms with E-state index in [9.17, 15) is 15.0 Å². The maximum absolute atomic E-state index is 11.6. The van der Waals surface area contributed by atoms with Gasteiger partial charge in [0.05, 0.1) is 53.3 Å². The Morgan fingerprint density at radius 3 is 2.29 bits per heavy atom. The molecule has 1 amide bonds. The Bertz CT molecular complexity index is 1660. The van der Waals surface area contributed by atoms with Gasteiger partial charge in [0.1, 0.15) is 0 Å². The number of fused-ring (bicyclic) bond motifs is 1. The van der Waals surface area contributed by atoms with Crippen molar-refractivity contribution in [3.8, 4) is 11.3 Å². The van der Waals surface area contributed by atoms with Crippen LogP contribution in [-0.2, 0) is 31.7 Å². The van der Waals surface area contributed by atoms with Gasteiger partial charge in [0, 0.05) is 62.9 Å². The van der Waals surface area contributed by atoms with Gasteiger partial charge in [-0.05, 0) is 96.3 Å². The Morgan fingerprint density at radius 2 is 1.71 bits per heavy atom. The third kappa shape index (κ3) is 6.95. The average Bonchev–Trinajstić information content (AvgIpc) is 3.73. The first-order chi connectivity index (χ1) is 23.2. The van der Waals surface area contributed by atoms with Crippen molar-refractivity contribution in [2.75, 3.05) is 51.4 Å². The van der Waals surface area contributed by atoms with Crippen LogP contribution < -0.4 is 10.4 Å². The van der Waals surface area contributed by atoms with Crippen LogP contribution in [-0.4, -0.2) is 102 Å². The zero-order valence-corrected chi connectivity index (χ0v) is 30.4. The highest BCUT2D eigenvalue weighted by molar-refractivity contribution is 6.62. The lowest BCUT2D eigenvalue weighted by atomic mass is 9.78. The smallest absolute Gasteiger partial charge is 0.465 e. The number of rotatable bonds is 12. The van der Waals surface area contributed by atoms with Gasteiger partial charge in [-0.1, -0.05) is 12.1 Å². The summed E-state index contributed by atoms with van der Waals surface area (Å²) in [6.45, 7) is 17.7. The molecule has 0 radical (unpaired) electrons. The number of nitrogens with zero attached hydrogens (tertiary/aromatic N) is 4. The molecule has 12 heteroatoms. The maximum Gasteiger partial charge on any atom is 0.494 e. The van der Waals surface area contributed by atoms with E-state index in [1.54, 1.807) is 7.11 Å². The predicted octanol–water partition coefficient (Wildman–Crippen LogP) is 5.25. The third-order valence-corrected chi connectivity index (χ3v) is 11.1. The predicted molar refractivity (Wildman–Crippen MR) is 192 cm³/mol. The van der Waals surface area contributed by atoms with Crippen molar-refractivity contribution in [2.45, 2.75) is 97.7 Å². The molecule has 1 saturated carbocycles. The van der Waals surface area contributed by atoms with Crippen molar-refractivity contribution in [2.24, 2.45) is 5.41 Å². The first-order valence-electron chi connectivity index (χ1n) is 17.7. The molecule has 2 saturated heterocycles. The standard InChI is InChI=1S/C37H53BN4O7/c1-24(2)47-18-17-42-31-10-9-26(38-48-35(4,5)36(6,7)49-38)19-28(31)30(21-37(23-43)11-12-37)33(42)29-20-27(22-39-32(29)25(3)46-8)40-13-15-41(16-14-40)34(44)45/h9-10,19-20,22,24-25,43H,11-18,21,23H2,1-8H3,(H,44,45). The van der Waals surface area contributed by atoms with Gasteiger partial charge < -0.3 is 43.4 Å². The Balaban J connectivity index is 1.55. The summed E-state index contributed by atoms with van der Waals surface area (Å²) in [7, 11) is 1.19. The molecule has 0 spiro atoms. The fourth-order valence-electron chi connectivity index (χ4n) is 7.03. The number of aliphatic hydroxyl groups excluding tert-OH is 1. The van der Waals surface area contributed by atoms with Crippen molar-refractivity contribution >= 4 is 35.3 Å². The molecule has 3 fully saturated rings. The van der Waals surface area contributed by atoms with Gasteiger partial charge in [0.25, 0.3) is 0 Å². The Morgan fingerprint density at radius 1 is 1.04 bits per heavy atom. The molecule has 6 rings (SSSR count). The van der Waals surface area contributed by atoms with Crippen LogP contribution in [0.2, 0.25) is 0 Å². The molecular formula is C37H53BN4O7. The molecule has 266 valence electrons. The molecule has 49 heavy (non-hydrogen) atoms. The third-order valence-electron chi connectivity index (χ3n) is 11.1. The van der Waals surface area contributed by atoms with E-state index in [0.29, 0.717) is 45.8 Å². The molecule has 2 aliphatic heterocycles. The number of hydrogen-bond acceptors (Lipinski definition) is 8. The summed E-state index contributed by atoms with van der Waals surface area (Å²) in [4.78, 5) is 20.3. The Kier molecular flexibility index (Phi) is 9.84. The van der Waals surface area contributed by atoms with Crippen molar-refractivity contribution in [1.29, 1.82) is 0 Å². The van der Waals surface area contributed by atoms with Crippen LogP contribution in [0.15, 0.2) is 30.5 Å². The van der Waals surface area contributed by atoms with Crippen molar-refractivity contribution in [1.82, 2.24) is 14.5 Å². The Labute approximate surface area is 290 Å². The van der Waals surface area contributed by atoms with E-state index in [4.69, 9.17) is 23.8 Å². The largest absolute Gasteiger partial charge is 0.494 e. The van der Waals surface area contributed by atoms with E-state index in [1.807, 2.05) is 27.0 Å². The number of aromatic nitrogens is 2. The van der Waals surface area contributed by atoms with Crippen molar-refractivity contribution in [3.05, 3.63) is 41.7 Å². The summed E-state index contributed by atoms with van der Waals surface area (Å²) < 4.78 is 27.4. The highest BCUT2D eigenvalue weighted by Gasteiger charge is 2.52. The summed E-state index contributed by atoms with van der Waals surface area (Å²) in [5.74, 6) is 0. The molecule has 1 aromatic carbocycles. The number of ether oxygens (including phenoxy) is 2. The number of methoxy groups -OCH3 is 1. The molecule has 0 bridgehead atoms. The zero-order chi connectivity index (χ0) is 35.3. The second-order valence-electron chi connectivity index (χ2n) is 15.4. The SMILES string of the molecule is COC(C)c1ncc(N2CCN(C(=O)O)CC2)cc1-c1c(CC2(CO)CC2)c2cc(B3OC(C)(C)C(C)(C)O3)ccc2n1CCOC(C)C. The van der Waals surface area contributed by atoms with Gasteiger partial charge in [-0.3, -0.25) is 4.98 Å². The monoisotopic (exact) mass is 676 g/mol. The summed E-state index contributed by atoms with van der Waals surface area (Å²) >= 11 is 0. The second-order valence-corrected chi connectivity index (χ2v) is 15.4. The van der Waals surface area contributed by atoms with E-state index in [2.05, 4.69) is 61.4 Å². The van der Waals surface area contributed by atoms with E-state index in [0.717, 1.165) is 57.4 Å². The van der Waals surface area contributed by atoms with Gasteiger partial charge in [0.2, 0.25) is 0 Å². The second kappa shape index (κ2) is 13.5. The number of anilines is 1. The van der Waals surface area contributed by atoms with Gasteiger partial charge in [-0.15, -0.1) is 0 Å². The number of benzene rings is 1. The molecule has 3 aliphatic rings. The van der Waals surface area contributed by atoms with Crippen LogP contribution in [0, 0.1) is 5.41 Å². The normalized spacial score (nSPS) is 20.4. The summed E-state index contributed by atoms with van der Waals surface area (Å²) in [6.07, 6.45) is 3.44. The van der Waals surface area contributed by atoms with Gasteiger partial charge in [0.15, 0.2) is 0 Å². The van der Waals surface area contributed by atoms with E-state index < -0.39 is 24.4 Å². The molecular weight excluding hydrogens is 623 g/mol. The van der Waals surface area contributed by atoms with Crippen LogP contribution in [0.1, 0.15) is 78.7 Å². The lowest BCUT2D eigenvalue weighted by molar-refractivity contribution is 0.00578. The molecule has 3 aromatic rings. The number of carboxylic acid groups (broad SMARTS) is 1. The van der Waals surface area contributed by atoms with Crippen molar-refractivity contribution < 1.29 is 33.8 Å². The van der Waals surface area contributed by atoms with Crippen LogP contribution in [0.25, 0.3) is 22.2 Å². The highest BCUT2D eigenvalue weighted by Crippen LogP contribution is 2.51.